The summed E-state index contributed by atoms with van der Waals surface area (Å²) < 4.78 is 11.1. The largest absolute Gasteiger partial charge is 0.491 e. The molecule has 0 saturated carbocycles. The number of nitrogens with zero attached hydrogens (tertiary/aromatic N) is 3. The van der Waals surface area contributed by atoms with Crippen LogP contribution in [-0.2, 0) is 0 Å². The molecule has 1 unspecified atom stereocenters. The molecule has 20 heavy (non-hydrogen) atoms. The number of aryl methyl sites for hydroxylation is 1. The smallest absolute Gasteiger partial charge is 0.252 e. The molecule has 2 aromatic heterocycles. The molecule has 0 radical (unpaired) electrons. The lowest BCUT2D eigenvalue weighted by atomic mass is 10.1. The monoisotopic (exact) mass is 268 g/mol. The van der Waals surface area contributed by atoms with Crippen molar-refractivity contribution in [3.8, 4) is 5.75 Å². The third-order valence-electron chi connectivity index (χ3n) is 3.31. The molecule has 1 aromatic carbocycles. The first-order valence-electron chi connectivity index (χ1n) is 6.37. The van der Waals surface area contributed by atoms with E-state index in [2.05, 4.69) is 20.3 Å². The molecule has 4 rings (SSSR count). The fraction of sp³-hybridized carbons (Fsp3) is 0.214. The van der Waals surface area contributed by atoms with Gasteiger partial charge in [0.2, 0.25) is 0 Å². The van der Waals surface area contributed by atoms with Crippen molar-refractivity contribution in [3.63, 3.8) is 0 Å². The second-order valence-corrected chi connectivity index (χ2v) is 4.65. The van der Waals surface area contributed by atoms with Crippen LogP contribution in [0.15, 0.2) is 35.0 Å². The second-order valence-electron chi connectivity index (χ2n) is 4.65. The number of hydrogen-bond donors (Lipinski definition) is 1. The van der Waals surface area contributed by atoms with Gasteiger partial charge in [0.1, 0.15) is 18.7 Å². The Morgan fingerprint density at radius 3 is 3.10 bits per heavy atom. The Balaban J connectivity index is 1.72. The molecular formula is C14H12N4O2. The Morgan fingerprint density at radius 2 is 2.15 bits per heavy atom. The number of ether oxygens (including phenoxy) is 1. The van der Waals surface area contributed by atoms with Crippen molar-refractivity contribution in [2.45, 2.75) is 13.0 Å². The highest BCUT2D eigenvalue weighted by molar-refractivity contribution is 5.81. The number of para-hydroxylation sites is 1. The van der Waals surface area contributed by atoms with Crippen LogP contribution in [0, 0.1) is 6.92 Å². The molecule has 6 heteroatoms. The zero-order valence-electron chi connectivity index (χ0n) is 10.8. The molecule has 1 aliphatic heterocycles. The zero-order valence-corrected chi connectivity index (χ0v) is 10.8. The average molecular weight is 268 g/mol. The van der Waals surface area contributed by atoms with E-state index in [1.807, 2.05) is 24.3 Å². The minimum atomic E-state index is 0.0568. The molecule has 6 nitrogen and oxygen atoms in total. The van der Waals surface area contributed by atoms with Gasteiger partial charge in [0.15, 0.2) is 17.2 Å². The number of aromatic nitrogens is 3. The standard InChI is InChI=1S/C14H12N4O2/c1-8-17-12-13(15-7-16-14(12)20-8)18-10-6-19-11-5-3-2-4-9(10)11/h2-5,7,10H,6H2,1H3,(H,15,16,18). The number of fused-ring (bicyclic) bond motifs is 2. The quantitative estimate of drug-likeness (QED) is 0.769. The van der Waals surface area contributed by atoms with Crippen molar-refractivity contribution < 1.29 is 9.15 Å². The van der Waals surface area contributed by atoms with E-state index in [0.29, 0.717) is 29.5 Å². The van der Waals surface area contributed by atoms with Crippen LogP contribution in [0.3, 0.4) is 0 Å². The SMILES string of the molecule is Cc1nc2c(NC3COc4ccccc43)ncnc2o1. The summed E-state index contributed by atoms with van der Waals surface area (Å²) in [5.41, 5.74) is 2.26. The number of anilines is 1. The molecule has 0 spiro atoms. The van der Waals surface area contributed by atoms with Gasteiger partial charge in [0.05, 0.1) is 6.04 Å². The lowest BCUT2D eigenvalue weighted by Crippen LogP contribution is -2.13. The van der Waals surface area contributed by atoms with Gasteiger partial charge in [-0.3, -0.25) is 0 Å². The van der Waals surface area contributed by atoms with Crippen molar-refractivity contribution in [1.82, 2.24) is 15.0 Å². The summed E-state index contributed by atoms with van der Waals surface area (Å²) in [6.07, 6.45) is 1.47. The first-order chi connectivity index (χ1) is 9.81. The van der Waals surface area contributed by atoms with E-state index in [1.54, 1.807) is 6.92 Å². The predicted molar refractivity (Wildman–Crippen MR) is 72.6 cm³/mol. The summed E-state index contributed by atoms with van der Waals surface area (Å²) in [5.74, 6) is 2.15. The highest BCUT2D eigenvalue weighted by Crippen LogP contribution is 2.34. The Hall–Kier alpha value is -2.63. The summed E-state index contributed by atoms with van der Waals surface area (Å²) >= 11 is 0. The van der Waals surface area contributed by atoms with Crippen LogP contribution >= 0.6 is 0 Å². The zero-order chi connectivity index (χ0) is 13.5. The van der Waals surface area contributed by atoms with Crippen LogP contribution < -0.4 is 10.1 Å². The van der Waals surface area contributed by atoms with E-state index in [9.17, 15) is 0 Å². The number of nitrogens with one attached hydrogen (secondary N) is 1. The Bertz CT molecular complexity index is 784. The van der Waals surface area contributed by atoms with Crippen LogP contribution in [0.4, 0.5) is 5.82 Å². The van der Waals surface area contributed by atoms with Gasteiger partial charge in [0, 0.05) is 12.5 Å². The summed E-state index contributed by atoms with van der Waals surface area (Å²) in [4.78, 5) is 12.6. The van der Waals surface area contributed by atoms with Crippen molar-refractivity contribution in [2.24, 2.45) is 0 Å². The third-order valence-corrected chi connectivity index (χ3v) is 3.31. The Morgan fingerprint density at radius 1 is 1.25 bits per heavy atom. The first kappa shape index (κ1) is 11.2. The normalized spacial score (nSPS) is 16.9. The van der Waals surface area contributed by atoms with Crippen molar-refractivity contribution in [3.05, 3.63) is 42.0 Å². The van der Waals surface area contributed by atoms with Gasteiger partial charge in [-0.15, -0.1) is 0 Å². The summed E-state index contributed by atoms with van der Waals surface area (Å²) in [5, 5.41) is 3.35. The lowest BCUT2D eigenvalue weighted by molar-refractivity contribution is 0.339. The topological polar surface area (TPSA) is 73.1 Å². The highest BCUT2D eigenvalue weighted by atomic mass is 16.5. The van der Waals surface area contributed by atoms with Crippen LogP contribution in [0.1, 0.15) is 17.5 Å². The summed E-state index contributed by atoms with van der Waals surface area (Å²) in [6, 6.07) is 8.03. The molecule has 1 N–H and O–H groups in total. The second kappa shape index (κ2) is 4.19. The van der Waals surface area contributed by atoms with Crippen LogP contribution in [-0.4, -0.2) is 21.6 Å². The lowest BCUT2D eigenvalue weighted by Gasteiger charge is -2.11. The number of rotatable bonds is 2. The van der Waals surface area contributed by atoms with Crippen molar-refractivity contribution >= 4 is 17.0 Å². The molecule has 0 aliphatic carbocycles. The summed E-state index contributed by atoms with van der Waals surface area (Å²) in [7, 11) is 0. The first-order valence-corrected chi connectivity index (χ1v) is 6.37. The molecule has 100 valence electrons. The van der Waals surface area contributed by atoms with Gasteiger partial charge in [-0.25, -0.2) is 9.97 Å². The van der Waals surface area contributed by atoms with Crippen LogP contribution in [0.25, 0.3) is 11.2 Å². The maximum atomic E-state index is 5.65. The van der Waals surface area contributed by atoms with Crippen molar-refractivity contribution in [1.29, 1.82) is 0 Å². The maximum absolute atomic E-state index is 5.65. The molecule has 1 aliphatic rings. The van der Waals surface area contributed by atoms with E-state index in [0.717, 1.165) is 11.3 Å². The Labute approximate surface area is 114 Å². The molecule has 1 atom stereocenters. The van der Waals surface area contributed by atoms with Crippen LogP contribution in [0.2, 0.25) is 0 Å². The molecular weight excluding hydrogens is 256 g/mol. The number of hydrogen-bond acceptors (Lipinski definition) is 6. The van der Waals surface area contributed by atoms with Crippen molar-refractivity contribution in [2.75, 3.05) is 11.9 Å². The van der Waals surface area contributed by atoms with E-state index in [1.165, 1.54) is 6.33 Å². The third kappa shape index (κ3) is 1.69. The van der Waals surface area contributed by atoms with Gasteiger partial charge in [-0.2, -0.15) is 4.98 Å². The fourth-order valence-corrected chi connectivity index (χ4v) is 2.41. The summed E-state index contributed by atoms with van der Waals surface area (Å²) in [6.45, 7) is 2.36. The van der Waals surface area contributed by atoms with Gasteiger partial charge >= 0.3 is 0 Å². The van der Waals surface area contributed by atoms with Gasteiger partial charge in [0.25, 0.3) is 5.71 Å². The van der Waals surface area contributed by atoms with Gasteiger partial charge in [-0.1, -0.05) is 18.2 Å². The molecule has 0 bridgehead atoms. The molecule has 3 heterocycles. The maximum Gasteiger partial charge on any atom is 0.252 e. The Kier molecular flexibility index (Phi) is 2.35. The van der Waals surface area contributed by atoms with Gasteiger partial charge in [-0.05, 0) is 6.07 Å². The minimum absolute atomic E-state index is 0.0568. The molecule has 0 saturated heterocycles. The van der Waals surface area contributed by atoms with E-state index < -0.39 is 0 Å². The molecule has 0 amide bonds. The molecule has 3 aromatic rings. The average Bonchev–Trinajstić information content (AvgIpc) is 3.03. The van der Waals surface area contributed by atoms with E-state index >= 15 is 0 Å². The van der Waals surface area contributed by atoms with Gasteiger partial charge < -0.3 is 14.5 Å². The number of oxazole rings is 1. The fourth-order valence-electron chi connectivity index (χ4n) is 2.41. The highest BCUT2D eigenvalue weighted by Gasteiger charge is 2.25. The van der Waals surface area contributed by atoms with E-state index in [4.69, 9.17) is 9.15 Å². The number of benzene rings is 1. The van der Waals surface area contributed by atoms with E-state index in [-0.39, 0.29) is 6.04 Å². The minimum Gasteiger partial charge on any atom is -0.491 e. The predicted octanol–water partition coefficient (Wildman–Crippen LogP) is 2.47. The van der Waals surface area contributed by atoms with Crippen LogP contribution in [0.5, 0.6) is 5.75 Å². The molecule has 0 fully saturated rings.